The largest absolute Gasteiger partial charge is 0.462 e. The van der Waals surface area contributed by atoms with Crippen molar-refractivity contribution in [1.82, 2.24) is 19.9 Å². The molecule has 0 saturated heterocycles. The van der Waals surface area contributed by atoms with Gasteiger partial charge in [-0.25, -0.2) is 19.7 Å². The number of methoxy groups -OCH3 is 4. The van der Waals surface area contributed by atoms with E-state index in [2.05, 4.69) is 15.0 Å². The number of aliphatic hydroxyl groups excluding tert-OH is 1. The Morgan fingerprint density at radius 1 is 0.940 bits per heavy atom. The maximum Gasteiger partial charge on any atom is 0.404 e. The number of amides is 2. The third kappa shape index (κ3) is 15.7. The van der Waals surface area contributed by atoms with Crippen LogP contribution < -0.4 is 5.73 Å². The molecule has 372 valence electrons. The molecule has 2 amide bonds. The molecule has 0 fully saturated rings. The second-order valence-electron chi connectivity index (χ2n) is 17.9. The van der Waals surface area contributed by atoms with Gasteiger partial charge in [0, 0.05) is 78.2 Å². The molecular formula is C48H71N5O14. The minimum absolute atomic E-state index is 0.0194. The molecule has 1 aliphatic rings. The number of aromatic nitrogens is 3. The Morgan fingerprint density at radius 2 is 1.63 bits per heavy atom. The number of esters is 1. The normalized spacial score (nSPS) is 25.8. The zero-order valence-electron chi connectivity index (χ0n) is 40.7. The lowest BCUT2D eigenvalue weighted by Crippen LogP contribution is -2.39. The molecule has 0 unspecified atom stereocenters. The highest BCUT2D eigenvalue weighted by Gasteiger charge is 2.36. The SMILES string of the molecule is CO[C@@H]([C@H](C)/C=C/N(C)C=O)[C@H](C)C(=O)CC[C@@H](C)[C@@H](C[C@H]1OC(=O)C[C@@H](OC(N)=O)C[C@H](C)C[C@@H](O)[C@@H](C)[C@H](OC)c2coc(n2)-c2coc(n2)-c2coc(n2)C=CC[C@H](OC)[C@@H]1C)OC. The van der Waals surface area contributed by atoms with Crippen LogP contribution in [-0.2, 0) is 42.8 Å². The van der Waals surface area contributed by atoms with Crippen molar-refractivity contribution in [2.24, 2.45) is 41.2 Å². The summed E-state index contributed by atoms with van der Waals surface area (Å²) in [4.78, 5) is 65.7. The molecule has 0 radical (unpaired) electrons. The van der Waals surface area contributed by atoms with Gasteiger partial charge in [0.05, 0.1) is 30.8 Å². The predicted molar refractivity (Wildman–Crippen MR) is 244 cm³/mol. The number of primary amides is 1. The lowest BCUT2D eigenvalue weighted by atomic mass is 9.84. The number of cyclic esters (lactones) is 1. The van der Waals surface area contributed by atoms with Crippen molar-refractivity contribution in [2.45, 2.75) is 129 Å². The van der Waals surface area contributed by atoms with E-state index in [0.29, 0.717) is 36.3 Å². The van der Waals surface area contributed by atoms with Gasteiger partial charge in [0.2, 0.25) is 24.1 Å². The molecule has 4 rings (SSSR count). The van der Waals surface area contributed by atoms with Gasteiger partial charge in [-0.2, -0.15) is 0 Å². The highest BCUT2D eigenvalue weighted by Crippen LogP contribution is 2.34. The number of Topliss-reactive ketones (excluding diaryl/α,β-unsaturated/α-hetero) is 1. The van der Waals surface area contributed by atoms with E-state index in [1.807, 2.05) is 53.7 Å². The van der Waals surface area contributed by atoms with E-state index in [1.54, 1.807) is 40.7 Å². The summed E-state index contributed by atoms with van der Waals surface area (Å²) < 4.78 is 52.4. The van der Waals surface area contributed by atoms with Gasteiger partial charge in [-0.3, -0.25) is 14.4 Å². The van der Waals surface area contributed by atoms with Crippen molar-refractivity contribution < 1.29 is 66.0 Å². The van der Waals surface area contributed by atoms with Gasteiger partial charge in [-0.05, 0) is 43.6 Å². The molecular weight excluding hydrogens is 871 g/mol. The van der Waals surface area contributed by atoms with E-state index in [9.17, 15) is 24.3 Å². The van der Waals surface area contributed by atoms with Gasteiger partial charge in [-0.15, -0.1) is 0 Å². The van der Waals surface area contributed by atoms with Crippen molar-refractivity contribution in [1.29, 1.82) is 0 Å². The lowest BCUT2D eigenvalue weighted by molar-refractivity contribution is -0.160. The second-order valence-corrected chi connectivity index (χ2v) is 17.9. The minimum Gasteiger partial charge on any atom is -0.462 e. The van der Waals surface area contributed by atoms with E-state index in [0.717, 1.165) is 0 Å². The Labute approximate surface area is 393 Å². The number of hydrogen-bond donors (Lipinski definition) is 2. The van der Waals surface area contributed by atoms with Gasteiger partial charge < -0.3 is 57.4 Å². The summed E-state index contributed by atoms with van der Waals surface area (Å²) in [5, 5.41) is 11.4. The third-order valence-corrected chi connectivity index (χ3v) is 12.8. The third-order valence-electron chi connectivity index (χ3n) is 12.8. The molecule has 4 heterocycles. The van der Waals surface area contributed by atoms with Crippen LogP contribution in [0.25, 0.3) is 29.2 Å². The average molecular weight is 942 g/mol. The zero-order valence-corrected chi connectivity index (χ0v) is 40.7. The molecule has 6 bridgehead atoms. The molecule has 0 aromatic carbocycles. The number of carbonyl (C=O) groups excluding carboxylic acids is 4. The van der Waals surface area contributed by atoms with Gasteiger partial charge in [0.1, 0.15) is 48.6 Å². The summed E-state index contributed by atoms with van der Waals surface area (Å²) in [6.45, 7) is 11.4. The lowest BCUT2D eigenvalue weighted by Gasteiger charge is -2.34. The number of ketones is 1. The van der Waals surface area contributed by atoms with Crippen LogP contribution in [0.1, 0.15) is 104 Å². The molecule has 0 aliphatic carbocycles. The first kappa shape index (κ1) is 54.4. The average Bonchev–Trinajstić information content (AvgIpc) is 4.09. The number of carbonyl (C=O) groups is 4. The zero-order chi connectivity index (χ0) is 49.4. The molecule has 13 atom stereocenters. The first-order valence-corrected chi connectivity index (χ1v) is 22.8. The first-order valence-electron chi connectivity index (χ1n) is 22.8. The summed E-state index contributed by atoms with van der Waals surface area (Å²) >= 11 is 0. The predicted octanol–water partition coefficient (Wildman–Crippen LogP) is 7.20. The number of nitrogens with zero attached hydrogens (tertiary/aromatic N) is 4. The van der Waals surface area contributed by atoms with Crippen LogP contribution in [0.5, 0.6) is 0 Å². The maximum absolute atomic E-state index is 14.0. The van der Waals surface area contributed by atoms with Gasteiger partial charge in [-0.1, -0.05) is 53.7 Å². The highest BCUT2D eigenvalue weighted by molar-refractivity contribution is 5.81. The fourth-order valence-electron chi connectivity index (χ4n) is 8.69. The number of nitrogens with two attached hydrogens (primary N) is 1. The van der Waals surface area contributed by atoms with Crippen LogP contribution in [0.15, 0.2) is 50.4 Å². The Hall–Kier alpha value is -5.21. The first-order chi connectivity index (χ1) is 31.9. The molecule has 0 spiro atoms. The highest BCUT2D eigenvalue weighted by atomic mass is 16.6. The van der Waals surface area contributed by atoms with E-state index < -0.39 is 72.5 Å². The number of aliphatic hydroxyl groups is 1. The topological polar surface area (TPSA) is 251 Å². The molecule has 3 aromatic heterocycles. The maximum atomic E-state index is 14.0. The fraction of sp³-hybridized carbons (Fsp3) is 0.646. The summed E-state index contributed by atoms with van der Waals surface area (Å²) in [6, 6.07) is 0. The molecule has 1 aliphatic heterocycles. The monoisotopic (exact) mass is 941 g/mol. The van der Waals surface area contributed by atoms with Crippen molar-refractivity contribution >= 4 is 30.3 Å². The van der Waals surface area contributed by atoms with Gasteiger partial charge in [0.15, 0.2) is 11.4 Å². The molecule has 67 heavy (non-hydrogen) atoms. The Morgan fingerprint density at radius 3 is 2.28 bits per heavy atom. The quantitative estimate of drug-likeness (QED) is 0.100. The number of oxazole rings is 3. The van der Waals surface area contributed by atoms with Crippen LogP contribution in [0.4, 0.5) is 4.79 Å². The van der Waals surface area contributed by atoms with Crippen LogP contribution >= 0.6 is 0 Å². The van der Waals surface area contributed by atoms with Crippen molar-refractivity contribution in [3.8, 4) is 23.2 Å². The second kappa shape index (κ2) is 26.4. The summed E-state index contributed by atoms with van der Waals surface area (Å²) in [7, 11) is 7.86. The standard InChI is InChI=1S/C48H71N5O14/c1-27-19-33(66-48(49)58)21-43(57)67-41(22-40(60-9)28(2)15-16-37(55)30(4)44(61-10)29(3)17-18-53(7)26-54)32(6)39(59-8)13-12-14-42-50-35(24-63-42)46-52-36(25-65-46)47-51-34(23-64-47)45(62-11)31(5)38(56)20-27/h12,14,17-18,23-33,38-41,44-45,56H,13,15-16,19-22H2,1-11H3,(H2,49,58)/b14-12?,18-17+/t27-,28+,29+,30+,31+,32-,33-,38+,39-,40+,41+,44-,45-/m0/s1. The summed E-state index contributed by atoms with van der Waals surface area (Å²) in [5.41, 5.74) is 6.58. The van der Waals surface area contributed by atoms with Gasteiger partial charge in [0.25, 0.3) is 0 Å². The van der Waals surface area contributed by atoms with E-state index >= 15 is 0 Å². The minimum atomic E-state index is -1.05. The van der Waals surface area contributed by atoms with Crippen molar-refractivity contribution in [2.75, 3.05) is 35.5 Å². The molecule has 19 nitrogen and oxygen atoms in total. The number of hydrogen-bond acceptors (Lipinski definition) is 17. The van der Waals surface area contributed by atoms with E-state index in [4.69, 9.17) is 47.4 Å². The van der Waals surface area contributed by atoms with E-state index in [1.165, 1.54) is 30.8 Å². The molecule has 3 aromatic rings. The van der Waals surface area contributed by atoms with Gasteiger partial charge >= 0.3 is 12.1 Å². The van der Waals surface area contributed by atoms with Crippen LogP contribution in [0.3, 0.4) is 0 Å². The summed E-state index contributed by atoms with van der Waals surface area (Å²) in [5.74, 6) is -1.84. The smallest absolute Gasteiger partial charge is 0.404 e. The molecule has 0 saturated carbocycles. The fourth-order valence-corrected chi connectivity index (χ4v) is 8.69. The van der Waals surface area contributed by atoms with Crippen LogP contribution in [0.2, 0.25) is 0 Å². The summed E-state index contributed by atoms with van der Waals surface area (Å²) in [6.07, 6.45) is 7.75. The van der Waals surface area contributed by atoms with Crippen LogP contribution in [0, 0.1) is 35.5 Å². The number of fused-ring (bicyclic) bond motifs is 8. The van der Waals surface area contributed by atoms with Crippen molar-refractivity contribution in [3.05, 3.63) is 48.7 Å². The molecule has 19 heteroatoms. The number of rotatable bonds is 17. The number of ether oxygens (including phenoxy) is 6. The van der Waals surface area contributed by atoms with Crippen molar-refractivity contribution in [3.63, 3.8) is 0 Å². The Kier molecular flexibility index (Phi) is 21.4. The Bertz CT molecular complexity index is 2060. The Balaban J connectivity index is 1.60. The molecule has 3 N–H and O–H groups in total. The van der Waals surface area contributed by atoms with E-state index in [-0.39, 0.29) is 73.3 Å². The van der Waals surface area contributed by atoms with Crippen LogP contribution in [-0.4, -0.2) is 121 Å².